The van der Waals surface area contributed by atoms with Crippen molar-refractivity contribution in [3.05, 3.63) is 28.9 Å². The normalized spacial score (nSPS) is 10.4. The highest BCUT2D eigenvalue weighted by atomic mass is 35.5. The summed E-state index contributed by atoms with van der Waals surface area (Å²) in [5.41, 5.74) is 0.223. The molecule has 0 saturated carbocycles. The number of nitrogens with zero attached hydrogens (tertiary/aromatic N) is 1. The molecule has 0 aliphatic rings. The average molecular weight is 268 g/mol. The number of methoxy groups -OCH3 is 2. The molecule has 6 heteroatoms. The number of carbonyl (C=O) groups is 1. The summed E-state index contributed by atoms with van der Waals surface area (Å²) < 4.78 is 10.3. The van der Waals surface area contributed by atoms with E-state index in [-0.39, 0.29) is 10.7 Å². The number of fused-ring (bicyclic) bond motifs is 1. The van der Waals surface area contributed by atoms with Gasteiger partial charge in [-0.15, -0.1) is 0 Å². The van der Waals surface area contributed by atoms with Gasteiger partial charge in [0.15, 0.2) is 5.69 Å². The number of rotatable bonds is 3. The largest absolute Gasteiger partial charge is 0.496 e. The number of carboxylic acids is 1. The second kappa shape index (κ2) is 4.70. The molecule has 0 atom stereocenters. The number of aromatic nitrogens is 1. The molecule has 1 heterocycles. The molecule has 0 radical (unpaired) electrons. The molecule has 0 unspecified atom stereocenters. The van der Waals surface area contributed by atoms with Crippen LogP contribution in [-0.2, 0) is 0 Å². The van der Waals surface area contributed by atoms with Crippen molar-refractivity contribution < 1.29 is 19.4 Å². The van der Waals surface area contributed by atoms with Crippen molar-refractivity contribution >= 4 is 28.5 Å². The van der Waals surface area contributed by atoms with Crippen LogP contribution >= 0.6 is 11.6 Å². The molecule has 2 rings (SSSR count). The molecular formula is C12H10ClNO4. The van der Waals surface area contributed by atoms with Gasteiger partial charge in [0.05, 0.1) is 24.6 Å². The van der Waals surface area contributed by atoms with E-state index in [1.54, 1.807) is 12.1 Å². The van der Waals surface area contributed by atoms with Crippen molar-refractivity contribution in [2.24, 2.45) is 0 Å². The number of halogens is 1. The Hall–Kier alpha value is -2.01. The highest BCUT2D eigenvalue weighted by Crippen LogP contribution is 2.36. The van der Waals surface area contributed by atoms with Crippen molar-refractivity contribution in [1.29, 1.82) is 0 Å². The number of ether oxygens (including phenoxy) is 2. The van der Waals surface area contributed by atoms with Crippen molar-refractivity contribution in [2.75, 3.05) is 14.2 Å². The fourth-order valence-corrected chi connectivity index (χ4v) is 1.97. The lowest BCUT2D eigenvalue weighted by molar-refractivity contribution is 0.0691. The monoisotopic (exact) mass is 267 g/mol. The molecular weight excluding hydrogens is 258 g/mol. The maximum absolute atomic E-state index is 11.0. The van der Waals surface area contributed by atoms with Gasteiger partial charge in [-0.05, 0) is 18.2 Å². The van der Waals surface area contributed by atoms with Crippen LogP contribution in [0.4, 0.5) is 0 Å². The van der Waals surface area contributed by atoms with Crippen LogP contribution in [0.3, 0.4) is 0 Å². The SMILES string of the molecule is COc1ccc(OC)c2c(Cl)cc(C(=O)O)nc12. The van der Waals surface area contributed by atoms with Crippen LogP contribution in [0.5, 0.6) is 11.5 Å². The zero-order valence-corrected chi connectivity index (χ0v) is 10.5. The molecule has 0 aliphatic carbocycles. The minimum absolute atomic E-state index is 0.140. The van der Waals surface area contributed by atoms with Gasteiger partial charge in [0.25, 0.3) is 0 Å². The Kier molecular flexibility index (Phi) is 3.25. The number of hydrogen-bond acceptors (Lipinski definition) is 4. The van der Waals surface area contributed by atoms with Gasteiger partial charge in [0.2, 0.25) is 0 Å². The van der Waals surface area contributed by atoms with E-state index in [1.165, 1.54) is 20.3 Å². The second-order valence-corrected chi connectivity index (χ2v) is 3.90. The Morgan fingerprint density at radius 3 is 2.44 bits per heavy atom. The summed E-state index contributed by atoms with van der Waals surface area (Å²) in [7, 11) is 2.98. The lowest BCUT2D eigenvalue weighted by Crippen LogP contribution is -2.02. The standard InChI is InChI=1S/C12H10ClNO4/c1-17-8-3-4-9(18-2)11-10(8)6(13)5-7(14-11)12(15)16/h3-5H,1-2H3,(H,15,16). The van der Waals surface area contributed by atoms with E-state index in [0.29, 0.717) is 22.4 Å². The van der Waals surface area contributed by atoms with Crippen LogP contribution in [0, 0.1) is 0 Å². The van der Waals surface area contributed by atoms with E-state index in [2.05, 4.69) is 4.98 Å². The third kappa shape index (κ3) is 1.93. The van der Waals surface area contributed by atoms with E-state index in [9.17, 15) is 4.79 Å². The second-order valence-electron chi connectivity index (χ2n) is 3.49. The third-order valence-electron chi connectivity index (χ3n) is 2.50. The average Bonchev–Trinajstić information content (AvgIpc) is 2.37. The predicted molar refractivity (Wildman–Crippen MR) is 66.8 cm³/mol. The van der Waals surface area contributed by atoms with E-state index in [4.69, 9.17) is 26.2 Å². The lowest BCUT2D eigenvalue weighted by atomic mass is 10.1. The zero-order chi connectivity index (χ0) is 13.3. The van der Waals surface area contributed by atoms with Gasteiger partial charge in [-0.25, -0.2) is 9.78 Å². The summed E-state index contributed by atoms with van der Waals surface area (Å²) in [6.07, 6.45) is 0. The van der Waals surface area contributed by atoms with Gasteiger partial charge >= 0.3 is 5.97 Å². The first kappa shape index (κ1) is 12.4. The van der Waals surface area contributed by atoms with E-state index in [1.807, 2.05) is 0 Å². The van der Waals surface area contributed by atoms with Crippen molar-refractivity contribution in [2.45, 2.75) is 0 Å². The molecule has 1 aromatic heterocycles. The molecule has 1 aromatic carbocycles. The molecule has 94 valence electrons. The maximum atomic E-state index is 11.0. The van der Waals surface area contributed by atoms with Gasteiger partial charge in [0, 0.05) is 0 Å². The van der Waals surface area contributed by atoms with Gasteiger partial charge in [0.1, 0.15) is 17.0 Å². The smallest absolute Gasteiger partial charge is 0.354 e. The van der Waals surface area contributed by atoms with Crippen LogP contribution in [0.25, 0.3) is 10.9 Å². The van der Waals surface area contributed by atoms with Crippen LogP contribution in [0.15, 0.2) is 18.2 Å². The molecule has 0 saturated heterocycles. The first-order valence-corrected chi connectivity index (χ1v) is 5.40. The number of pyridine rings is 1. The summed E-state index contributed by atoms with van der Waals surface area (Å²) in [5.74, 6) is -0.195. The minimum atomic E-state index is -1.15. The van der Waals surface area contributed by atoms with Gasteiger partial charge < -0.3 is 14.6 Å². The number of benzene rings is 1. The first-order chi connectivity index (χ1) is 8.58. The molecule has 0 spiro atoms. The quantitative estimate of drug-likeness (QED) is 0.926. The third-order valence-corrected chi connectivity index (χ3v) is 2.79. The summed E-state index contributed by atoms with van der Waals surface area (Å²) >= 11 is 6.08. The molecule has 18 heavy (non-hydrogen) atoms. The lowest BCUT2D eigenvalue weighted by Gasteiger charge is -2.10. The summed E-state index contributed by atoms with van der Waals surface area (Å²) in [5, 5.41) is 9.75. The molecule has 0 bridgehead atoms. The topological polar surface area (TPSA) is 68.7 Å². The Labute approximate surface area is 108 Å². The van der Waals surface area contributed by atoms with E-state index < -0.39 is 5.97 Å². The molecule has 0 amide bonds. The number of carboxylic acid groups (broad SMARTS) is 1. The molecule has 2 aromatic rings. The van der Waals surface area contributed by atoms with Gasteiger partial charge in [-0.1, -0.05) is 11.6 Å². The fraction of sp³-hybridized carbons (Fsp3) is 0.167. The fourth-order valence-electron chi connectivity index (χ4n) is 1.68. The van der Waals surface area contributed by atoms with Gasteiger partial charge in [-0.2, -0.15) is 0 Å². The Morgan fingerprint density at radius 2 is 1.89 bits per heavy atom. The van der Waals surface area contributed by atoms with Crippen LogP contribution < -0.4 is 9.47 Å². The first-order valence-electron chi connectivity index (χ1n) is 5.03. The van der Waals surface area contributed by atoms with Gasteiger partial charge in [-0.3, -0.25) is 0 Å². The summed E-state index contributed by atoms with van der Waals surface area (Å²) in [6.45, 7) is 0. The van der Waals surface area contributed by atoms with E-state index >= 15 is 0 Å². The maximum Gasteiger partial charge on any atom is 0.354 e. The van der Waals surface area contributed by atoms with Crippen molar-refractivity contribution in [1.82, 2.24) is 4.98 Å². The minimum Gasteiger partial charge on any atom is -0.496 e. The summed E-state index contributed by atoms with van der Waals surface area (Å²) in [6, 6.07) is 4.62. The molecule has 1 N–H and O–H groups in total. The molecule has 0 fully saturated rings. The zero-order valence-electron chi connectivity index (χ0n) is 9.73. The van der Waals surface area contributed by atoms with Crippen LogP contribution in [0.2, 0.25) is 5.02 Å². The Balaban J connectivity index is 2.88. The Bertz CT molecular complexity index is 627. The number of aromatic carboxylic acids is 1. The van der Waals surface area contributed by atoms with Crippen LogP contribution in [0.1, 0.15) is 10.5 Å². The predicted octanol–water partition coefficient (Wildman–Crippen LogP) is 2.60. The van der Waals surface area contributed by atoms with Crippen LogP contribution in [-0.4, -0.2) is 30.3 Å². The Morgan fingerprint density at radius 1 is 1.28 bits per heavy atom. The van der Waals surface area contributed by atoms with Crippen molar-refractivity contribution in [3.8, 4) is 11.5 Å². The van der Waals surface area contributed by atoms with E-state index in [0.717, 1.165) is 0 Å². The molecule has 0 aliphatic heterocycles. The number of hydrogen-bond donors (Lipinski definition) is 1. The summed E-state index contributed by atoms with van der Waals surface area (Å²) in [4.78, 5) is 15.0. The molecule has 5 nitrogen and oxygen atoms in total. The highest BCUT2D eigenvalue weighted by molar-refractivity contribution is 6.36. The van der Waals surface area contributed by atoms with Crippen molar-refractivity contribution in [3.63, 3.8) is 0 Å². The highest BCUT2D eigenvalue weighted by Gasteiger charge is 2.16.